The van der Waals surface area contributed by atoms with Crippen LogP contribution in [0.15, 0.2) is 22.7 Å². The van der Waals surface area contributed by atoms with Gasteiger partial charge in [-0.3, -0.25) is 0 Å². The zero-order valence-corrected chi connectivity index (χ0v) is 10.5. The van der Waals surface area contributed by atoms with Crippen LogP contribution in [-0.2, 0) is 11.6 Å². The first kappa shape index (κ1) is 12.0. The number of alkyl halides is 3. The van der Waals surface area contributed by atoms with Crippen LogP contribution in [0.3, 0.4) is 0 Å². The first-order valence-corrected chi connectivity index (χ1v) is 6.05. The van der Waals surface area contributed by atoms with E-state index in [2.05, 4.69) is 15.9 Å². The summed E-state index contributed by atoms with van der Waals surface area (Å²) in [7, 11) is 0. The van der Waals surface area contributed by atoms with E-state index in [1.54, 1.807) is 12.1 Å². The molecule has 4 heteroatoms. The molecule has 1 saturated carbocycles. The summed E-state index contributed by atoms with van der Waals surface area (Å²) in [5.41, 5.74) is -0.238. The third-order valence-electron chi connectivity index (χ3n) is 3.39. The molecular weight excluding hydrogens is 281 g/mol. The average Bonchev–Trinajstić information content (AvgIpc) is 2.97. The third-order valence-corrected chi connectivity index (χ3v) is 3.88. The maximum atomic E-state index is 12.9. The van der Waals surface area contributed by atoms with E-state index in [1.807, 2.05) is 6.92 Å². The second-order valence-electron chi connectivity index (χ2n) is 4.32. The molecule has 0 heterocycles. The van der Waals surface area contributed by atoms with Crippen LogP contribution in [0.5, 0.6) is 0 Å². The fraction of sp³-hybridized carbons (Fsp3) is 0.500. The molecule has 2 rings (SSSR count). The quantitative estimate of drug-likeness (QED) is 0.726. The van der Waals surface area contributed by atoms with Crippen molar-refractivity contribution in [2.24, 2.45) is 0 Å². The Bertz CT molecular complexity index is 405. The van der Waals surface area contributed by atoms with E-state index in [4.69, 9.17) is 0 Å². The van der Waals surface area contributed by atoms with Crippen molar-refractivity contribution in [2.75, 3.05) is 0 Å². The van der Waals surface area contributed by atoms with E-state index in [1.165, 1.54) is 6.07 Å². The normalized spacial score (nSPS) is 18.6. The van der Waals surface area contributed by atoms with Gasteiger partial charge in [-0.05, 0) is 42.4 Å². The molecule has 0 radical (unpaired) electrons. The van der Waals surface area contributed by atoms with Crippen LogP contribution in [0.2, 0.25) is 0 Å². The first-order valence-electron chi connectivity index (χ1n) is 5.26. The van der Waals surface area contributed by atoms with Crippen molar-refractivity contribution in [3.8, 4) is 0 Å². The lowest BCUT2D eigenvalue weighted by Gasteiger charge is -2.20. The van der Waals surface area contributed by atoms with E-state index in [0.717, 1.165) is 19.3 Å². The average molecular weight is 293 g/mol. The largest absolute Gasteiger partial charge is 0.416 e. The molecule has 0 N–H and O–H groups in total. The highest BCUT2D eigenvalue weighted by atomic mass is 79.9. The van der Waals surface area contributed by atoms with Crippen LogP contribution >= 0.6 is 15.9 Å². The Kier molecular flexibility index (Phi) is 2.81. The van der Waals surface area contributed by atoms with Crippen molar-refractivity contribution in [3.05, 3.63) is 33.8 Å². The molecule has 0 amide bonds. The van der Waals surface area contributed by atoms with Gasteiger partial charge < -0.3 is 0 Å². The predicted octanol–water partition coefficient (Wildman–Crippen LogP) is 4.91. The summed E-state index contributed by atoms with van der Waals surface area (Å²) in [5, 5.41) is 0. The Morgan fingerprint density at radius 1 is 1.31 bits per heavy atom. The SMILES string of the molecule is CCC1(c2ccc(Br)cc2C(F)(F)F)CC1. The number of hydrogen-bond acceptors (Lipinski definition) is 0. The first-order chi connectivity index (χ1) is 7.39. The molecule has 1 aliphatic carbocycles. The standard InChI is InChI=1S/C12H12BrF3/c1-2-11(5-6-11)9-4-3-8(13)7-10(9)12(14,15)16/h3-4,7H,2,5-6H2,1H3. The molecule has 0 unspecified atom stereocenters. The van der Waals surface area contributed by atoms with Gasteiger partial charge in [0.25, 0.3) is 0 Å². The molecule has 0 aliphatic heterocycles. The summed E-state index contributed by atoms with van der Waals surface area (Å²) >= 11 is 3.10. The fourth-order valence-corrected chi connectivity index (χ4v) is 2.54. The van der Waals surface area contributed by atoms with Crippen LogP contribution in [0.25, 0.3) is 0 Å². The van der Waals surface area contributed by atoms with E-state index in [0.29, 0.717) is 10.0 Å². The van der Waals surface area contributed by atoms with Gasteiger partial charge in [0.2, 0.25) is 0 Å². The summed E-state index contributed by atoms with van der Waals surface area (Å²) in [4.78, 5) is 0. The zero-order chi connectivity index (χ0) is 12.0. The van der Waals surface area contributed by atoms with E-state index in [9.17, 15) is 13.2 Å². The van der Waals surface area contributed by atoms with Crippen LogP contribution in [-0.4, -0.2) is 0 Å². The van der Waals surface area contributed by atoms with Gasteiger partial charge in [0.1, 0.15) is 0 Å². The number of rotatable bonds is 2. The minimum absolute atomic E-state index is 0.217. The Hall–Kier alpha value is -0.510. The molecule has 0 atom stereocenters. The van der Waals surface area contributed by atoms with Crippen molar-refractivity contribution >= 4 is 15.9 Å². The Morgan fingerprint density at radius 3 is 2.38 bits per heavy atom. The Labute approximate surface area is 101 Å². The van der Waals surface area contributed by atoms with E-state index < -0.39 is 11.7 Å². The van der Waals surface area contributed by atoms with Gasteiger partial charge in [-0.25, -0.2) is 0 Å². The minimum atomic E-state index is -4.26. The summed E-state index contributed by atoms with van der Waals surface area (Å²) in [6.07, 6.45) is -1.75. The number of halogens is 4. The van der Waals surface area contributed by atoms with Gasteiger partial charge >= 0.3 is 6.18 Å². The van der Waals surface area contributed by atoms with E-state index in [-0.39, 0.29) is 5.41 Å². The summed E-state index contributed by atoms with van der Waals surface area (Å²) < 4.78 is 39.2. The minimum Gasteiger partial charge on any atom is -0.166 e. The summed E-state index contributed by atoms with van der Waals surface area (Å²) in [6, 6.07) is 4.49. The molecule has 1 fully saturated rings. The van der Waals surface area contributed by atoms with Crippen molar-refractivity contribution in [3.63, 3.8) is 0 Å². The van der Waals surface area contributed by atoms with Crippen LogP contribution in [0, 0.1) is 0 Å². The molecule has 1 aromatic carbocycles. The van der Waals surface area contributed by atoms with Gasteiger partial charge in [-0.1, -0.05) is 28.9 Å². The molecule has 16 heavy (non-hydrogen) atoms. The van der Waals surface area contributed by atoms with Crippen molar-refractivity contribution < 1.29 is 13.2 Å². The second kappa shape index (κ2) is 3.76. The number of hydrogen-bond donors (Lipinski definition) is 0. The molecule has 0 bridgehead atoms. The smallest absolute Gasteiger partial charge is 0.166 e. The maximum absolute atomic E-state index is 12.9. The Balaban J connectivity index is 2.53. The zero-order valence-electron chi connectivity index (χ0n) is 8.87. The van der Waals surface area contributed by atoms with Crippen LogP contribution in [0.4, 0.5) is 13.2 Å². The second-order valence-corrected chi connectivity index (χ2v) is 5.24. The topological polar surface area (TPSA) is 0 Å². The molecule has 1 aliphatic rings. The molecule has 88 valence electrons. The van der Waals surface area contributed by atoms with Crippen molar-refractivity contribution in [1.82, 2.24) is 0 Å². The molecule has 0 saturated heterocycles. The Morgan fingerprint density at radius 2 is 1.94 bits per heavy atom. The fourth-order valence-electron chi connectivity index (χ4n) is 2.18. The van der Waals surface area contributed by atoms with Gasteiger partial charge in [0, 0.05) is 4.47 Å². The number of benzene rings is 1. The third kappa shape index (κ3) is 1.99. The molecular formula is C12H12BrF3. The monoisotopic (exact) mass is 292 g/mol. The van der Waals surface area contributed by atoms with Crippen molar-refractivity contribution in [2.45, 2.75) is 37.8 Å². The van der Waals surface area contributed by atoms with Gasteiger partial charge in [-0.15, -0.1) is 0 Å². The van der Waals surface area contributed by atoms with Gasteiger partial charge in [-0.2, -0.15) is 13.2 Å². The lowest BCUT2D eigenvalue weighted by molar-refractivity contribution is -0.138. The highest BCUT2D eigenvalue weighted by molar-refractivity contribution is 9.10. The molecule has 1 aromatic rings. The molecule has 0 aromatic heterocycles. The predicted molar refractivity (Wildman–Crippen MR) is 60.3 cm³/mol. The van der Waals surface area contributed by atoms with Gasteiger partial charge in [0.15, 0.2) is 0 Å². The molecule has 0 spiro atoms. The highest BCUT2D eigenvalue weighted by Crippen LogP contribution is 2.54. The maximum Gasteiger partial charge on any atom is 0.416 e. The van der Waals surface area contributed by atoms with Crippen molar-refractivity contribution in [1.29, 1.82) is 0 Å². The van der Waals surface area contributed by atoms with Crippen LogP contribution in [0.1, 0.15) is 37.3 Å². The summed E-state index contributed by atoms with van der Waals surface area (Å²) in [5.74, 6) is 0. The summed E-state index contributed by atoms with van der Waals surface area (Å²) in [6.45, 7) is 1.95. The molecule has 0 nitrogen and oxygen atoms in total. The highest BCUT2D eigenvalue weighted by Gasteiger charge is 2.47. The lowest BCUT2D eigenvalue weighted by atomic mass is 9.89. The lowest BCUT2D eigenvalue weighted by Crippen LogP contribution is -2.15. The van der Waals surface area contributed by atoms with E-state index >= 15 is 0 Å². The van der Waals surface area contributed by atoms with Crippen LogP contribution < -0.4 is 0 Å². The van der Waals surface area contributed by atoms with Gasteiger partial charge in [0.05, 0.1) is 5.56 Å².